The lowest BCUT2D eigenvalue weighted by Crippen LogP contribution is -2.39. The van der Waals surface area contributed by atoms with E-state index in [1.54, 1.807) is 13.8 Å². The average molecular weight is 182 g/mol. The van der Waals surface area contributed by atoms with E-state index in [-0.39, 0.29) is 6.61 Å². The first kappa shape index (κ1) is 9.83. The van der Waals surface area contributed by atoms with Gasteiger partial charge in [-0.3, -0.25) is 0 Å². The van der Waals surface area contributed by atoms with Crippen molar-refractivity contribution in [2.75, 3.05) is 13.2 Å². The quantitative estimate of drug-likeness (QED) is 0.685. The molecule has 0 aromatic heterocycles. The van der Waals surface area contributed by atoms with Gasteiger partial charge in [-0.05, 0) is 13.8 Å². The lowest BCUT2D eigenvalue weighted by Gasteiger charge is -2.21. The van der Waals surface area contributed by atoms with Crippen molar-refractivity contribution in [2.24, 2.45) is 0 Å². The maximum atomic E-state index is 12.7. The third kappa shape index (κ3) is 1.91. The van der Waals surface area contributed by atoms with Gasteiger partial charge in [-0.2, -0.15) is 0 Å². The largest absolute Gasteiger partial charge is 0.390 e. The second-order valence-electron chi connectivity index (χ2n) is 3.24. The molecule has 1 unspecified atom stereocenters. The molecular formula is C7H12F2O3. The summed E-state index contributed by atoms with van der Waals surface area (Å²) in [5, 5.41) is 8.34. The zero-order valence-corrected chi connectivity index (χ0v) is 7.01. The van der Waals surface area contributed by atoms with E-state index in [1.165, 1.54) is 0 Å². The normalized spacial score (nSPS) is 29.2. The van der Waals surface area contributed by atoms with Crippen LogP contribution in [0.25, 0.3) is 0 Å². The zero-order chi connectivity index (χ0) is 9.41. The molecule has 72 valence electrons. The minimum Gasteiger partial charge on any atom is -0.390 e. The fraction of sp³-hybridized carbons (Fsp3) is 1.00. The smallest absolute Gasteiger partial charge is 0.298 e. The maximum absolute atomic E-state index is 12.7. The third-order valence-electron chi connectivity index (χ3n) is 1.69. The minimum atomic E-state index is -3.21. The molecule has 0 aromatic rings. The summed E-state index contributed by atoms with van der Waals surface area (Å²) >= 11 is 0. The monoisotopic (exact) mass is 182 g/mol. The van der Waals surface area contributed by atoms with Crippen LogP contribution in [0.3, 0.4) is 0 Å². The number of halogens is 2. The van der Waals surface area contributed by atoms with Crippen LogP contribution >= 0.6 is 0 Å². The zero-order valence-electron chi connectivity index (χ0n) is 7.01. The first-order valence-electron chi connectivity index (χ1n) is 3.68. The number of hydrogen-bond acceptors (Lipinski definition) is 3. The summed E-state index contributed by atoms with van der Waals surface area (Å²) < 4.78 is 35.3. The van der Waals surface area contributed by atoms with Gasteiger partial charge in [0, 0.05) is 0 Å². The molecule has 1 aliphatic heterocycles. The van der Waals surface area contributed by atoms with Crippen LogP contribution in [0.4, 0.5) is 8.78 Å². The molecule has 5 heteroatoms. The molecule has 0 radical (unpaired) electrons. The number of aliphatic hydroxyl groups excluding tert-OH is 1. The van der Waals surface area contributed by atoms with Gasteiger partial charge in [0.2, 0.25) is 0 Å². The van der Waals surface area contributed by atoms with Gasteiger partial charge < -0.3 is 14.6 Å². The molecule has 1 aliphatic rings. The summed E-state index contributed by atoms with van der Waals surface area (Å²) in [6.45, 7) is 1.72. The molecule has 1 saturated heterocycles. The second kappa shape index (κ2) is 2.90. The van der Waals surface area contributed by atoms with Gasteiger partial charge in [0.05, 0.1) is 6.61 Å². The topological polar surface area (TPSA) is 38.7 Å². The van der Waals surface area contributed by atoms with E-state index in [1.807, 2.05) is 0 Å². The molecule has 0 saturated carbocycles. The van der Waals surface area contributed by atoms with E-state index in [4.69, 9.17) is 14.6 Å². The van der Waals surface area contributed by atoms with Gasteiger partial charge in [0.25, 0.3) is 5.92 Å². The molecule has 0 aliphatic carbocycles. The van der Waals surface area contributed by atoms with Crippen LogP contribution in [0, 0.1) is 0 Å². The molecule has 1 rings (SSSR count). The summed E-state index contributed by atoms with van der Waals surface area (Å²) in [6, 6.07) is 0. The Hall–Kier alpha value is -0.260. The Bertz CT molecular complexity index is 170. The first-order valence-corrected chi connectivity index (χ1v) is 3.68. The molecule has 1 fully saturated rings. The van der Waals surface area contributed by atoms with Gasteiger partial charge >= 0.3 is 0 Å². The molecule has 1 heterocycles. The van der Waals surface area contributed by atoms with Crippen molar-refractivity contribution in [3.8, 4) is 0 Å². The maximum Gasteiger partial charge on any atom is 0.298 e. The van der Waals surface area contributed by atoms with E-state index in [0.717, 1.165) is 0 Å². The fourth-order valence-corrected chi connectivity index (χ4v) is 0.997. The minimum absolute atomic E-state index is 0.180. The lowest BCUT2D eigenvalue weighted by atomic mass is 10.2. The van der Waals surface area contributed by atoms with Crippen molar-refractivity contribution in [2.45, 2.75) is 31.7 Å². The van der Waals surface area contributed by atoms with E-state index in [0.29, 0.717) is 0 Å². The molecule has 0 amide bonds. The first-order chi connectivity index (χ1) is 5.37. The van der Waals surface area contributed by atoms with Crippen molar-refractivity contribution in [3.63, 3.8) is 0 Å². The van der Waals surface area contributed by atoms with E-state index in [2.05, 4.69) is 0 Å². The Labute approximate surface area is 69.3 Å². The molecule has 3 nitrogen and oxygen atoms in total. The molecule has 0 spiro atoms. The second-order valence-corrected chi connectivity index (χ2v) is 3.24. The van der Waals surface area contributed by atoms with E-state index < -0.39 is 24.4 Å². The highest BCUT2D eigenvalue weighted by atomic mass is 19.3. The lowest BCUT2D eigenvalue weighted by molar-refractivity contribution is -0.191. The Morgan fingerprint density at radius 3 is 2.50 bits per heavy atom. The van der Waals surface area contributed by atoms with Crippen molar-refractivity contribution in [1.82, 2.24) is 0 Å². The van der Waals surface area contributed by atoms with Crippen LogP contribution in [0.5, 0.6) is 0 Å². The highest BCUT2D eigenvalue weighted by Gasteiger charge is 2.48. The van der Waals surface area contributed by atoms with E-state index >= 15 is 0 Å². The Morgan fingerprint density at radius 2 is 2.17 bits per heavy atom. The molecule has 1 atom stereocenters. The van der Waals surface area contributed by atoms with Crippen molar-refractivity contribution in [3.05, 3.63) is 0 Å². The van der Waals surface area contributed by atoms with Crippen molar-refractivity contribution >= 4 is 0 Å². The summed E-state index contributed by atoms with van der Waals surface area (Å²) in [5.41, 5.74) is 0. The molecular weight excluding hydrogens is 170 g/mol. The standard InChI is InChI=1S/C7H12F2O3/c1-6(2)11-3-5(12-6)7(8,9)4-10/h5,10H,3-4H2,1-2H3. The fourth-order valence-electron chi connectivity index (χ4n) is 0.997. The summed E-state index contributed by atoms with van der Waals surface area (Å²) in [7, 11) is 0. The van der Waals surface area contributed by atoms with Crippen LogP contribution in [0.15, 0.2) is 0 Å². The number of aliphatic hydroxyl groups is 1. The van der Waals surface area contributed by atoms with Gasteiger partial charge in [0.15, 0.2) is 11.9 Å². The predicted molar refractivity (Wildman–Crippen MR) is 36.9 cm³/mol. The predicted octanol–water partition coefficient (Wildman–Crippen LogP) is 0.765. The van der Waals surface area contributed by atoms with E-state index in [9.17, 15) is 8.78 Å². The van der Waals surface area contributed by atoms with Crippen molar-refractivity contribution < 1.29 is 23.4 Å². The van der Waals surface area contributed by atoms with Crippen LogP contribution in [0.1, 0.15) is 13.8 Å². The molecule has 0 bridgehead atoms. The van der Waals surface area contributed by atoms with Gasteiger partial charge in [0.1, 0.15) is 6.61 Å². The van der Waals surface area contributed by atoms with Crippen LogP contribution in [-0.2, 0) is 9.47 Å². The van der Waals surface area contributed by atoms with Crippen LogP contribution in [-0.4, -0.2) is 36.1 Å². The van der Waals surface area contributed by atoms with Crippen LogP contribution in [0.2, 0.25) is 0 Å². The number of hydrogen-bond donors (Lipinski definition) is 1. The van der Waals surface area contributed by atoms with Crippen LogP contribution < -0.4 is 0 Å². The van der Waals surface area contributed by atoms with Crippen molar-refractivity contribution in [1.29, 1.82) is 0 Å². The molecule has 0 aromatic carbocycles. The average Bonchev–Trinajstić information content (AvgIpc) is 2.31. The Balaban J connectivity index is 2.58. The Morgan fingerprint density at radius 1 is 1.58 bits per heavy atom. The summed E-state index contributed by atoms with van der Waals surface area (Å²) in [6.07, 6.45) is -1.34. The number of rotatable bonds is 2. The molecule has 1 N–H and O–H groups in total. The Kier molecular flexibility index (Phi) is 2.38. The summed E-state index contributed by atoms with van der Waals surface area (Å²) in [4.78, 5) is 0. The SMILES string of the molecule is CC1(C)OCC(C(F)(F)CO)O1. The molecule has 12 heavy (non-hydrogen) atoms. The van der Waals surface area contributed by atoms with Gasteiger partial charge in [-0.25, -0.2) is 8.78 Å². The number of ether oxygens (including phenoxy) is 2. The highest BCUT2D eigenvalue weighted by molar-refractivity contribution is 4.83. The summed E-state index contributed by atoms with van der Waals surface area (Å²) in [5.74, 6) is -4.18. The third-order valence-corrected chi connectivity index (χ3v) is 1.69. The number of alkyl halides is 2. The highest BCUT2D eigenvalue weighted by Crippen LogP contribution is 2.31. The van der Waals surface area contributed by atoms with Gasteiger partial charge in [-0.15, -0.1) is 0 Å². The van der Waals surface area contributed by atoms with Gasteiger partial charge in [-0.1, -0.05) is 0 Å².